The summed E-state index contributed by atoms with van der Waals surface area (Å²) in [6, 6.07) is 7.79. The Balaban J connectivity index is 2.75. The molecular weight excluding hydrogens is 276 g/mol. The minimum Gasteiger partial charge on any atom is -0.353 e. The molecule has 0 fully saturated rings. The minimum atomic E-state index is -1.11. The Kier molecular flexibility index (Phi) is 6.15. The molecule has 1 aromatic rings. The zero-order valence-corrected chi connectivity index (χ0v) is 14.5. The van der Waals surface area contributed by atoms with E-state index in [0.717, 1.165) is 6.42 Å². The van der Waals surface area contributed by atoms with Crippen molar-refractivity contribution in [1.82, 2.24) is 5.32 Å². The minimum absolute atomic E-state index is 0.0601. The van der Waals surface area contributed by atoms with Crippen LogP contribution in [0.4, 0.5) is 5.69 Å². The molecule has 1 atom stereocenters. The van der Waals surface area contributed by atoms with E-state index < -0.39 is 5.41 Å². The van der Waals surface area contributed by atoms with E-state index in [9.17, 15) is 9.59 Å². The predicted molar refractivity (Wildman–Crippen MR) is 90.8 cm³/mol. The average molecular weight is 304 g/mol. The van der Waals surface area contributed by atoms with E-state index in [0.29, 0.717) is 11.6 Å². The number of anilines is 1. The van der Waals surface area contributed by atoms with Crippen molar-refractivity contribution in [1.29, 1.82) is 0 Å². The van der Waals surface area contributed by atoms with Crippen molar-refractivity contribution in [3.05, 3.63) is 29.8 Å². The van der Waals surface area contributed by atoms with Gasteiger partial charge in [0.1, 0.15) is 5.41 Å². The smallest absolute Gasteiger partial charge is 0.239 e. The van der Waals surface area contributed by atoms with Crippen LogP contribution in [-0.4, -0.2) is 17.9 Å². The lowest BCUT2D eigenvalue weighted by Crippen LogP contribution is -2.47. The maximum atomic E-state index is 12.4. The molecule has 0 aliphatic rings. The highest BCUT2D eigenvalue weighted by molar-refractivity contribution is 6.09. The summed E-state index contributed by atoms with van der Waals surface area (Å²) in [5.74, 6) is -0.105. The molecule has 2 amide bonds. The Morgan fingerprint density at radius 3 is 2.05 bits per heavy atom. The molecular formula is C18H28N2O2. The Bertz CT molecular complexity index is 518. The molecule has 0 aromatic heterocycles. The van der Waals surface area contributed by atoms with Crippen molar-refractivity contribution in [2.24, 2.45) is 5.41 Å². The molecule has 2 N–H and O–H groups in total. The van der Waals surface area contributed by atoms with Gasteiger partial charge in [0.2, 0.25) is 11.8 Å². The van der Waals surface area contributed by atoms with Gasteiger partial charge in [-0.15, -0.1) is 0 Å². The maximum Gasteiger partial charge on any atom is 0.239 e. The van der Waals surface area contributed by atoms with Crippen molar-refractivity contribution in [3.63, 3.8) is 0 Å². The summed E-state index contributed by atoms with van der Waals surface area (Å²) in [4.78, 5) is 24.6. The fraction of sp³-hybridized carbons (Fsp3) is 0.556. The maximum absolute atomic E-state index is 12.4. The van der Waals surface area contributed by atoms with Crippen molar-refractivity contribution >= 4 is 17.5 Å². The molecule has 122 valence electrons. The highest BCUT2D eigenvalue weighted by Gasteiger charge is 2.36. The van der Waals surface area contributed by atoms with Crippen molar-refractivity contribution < 1.29 is 9.59 Å². The molecule has 0 saturated heterocycles. The summed E-state index contributed by atoms with van der Waals surface area (Å²) in [5.41, 5.74) is 0.811. The lowest BCUT2D eigenvalue weighted by atomic mass is 9.90. The standard InChI is InChI=1S/C18H28N2O2/c1-7-13(4)19-16(21)18(5,6)17(22)20-15-10-8-14(9-11-15)12(2)3/h8-13H,7H2,1-6H3,(H,19,21)(H,20,22). The molecule has 22 heavy (non-hydrogen) atoms. The normalized spacial score (nSPS) is 12.9. The zero-order chi connectivity index (χ0) is 16.9. The molecule has 0 bridgehead atoms. The second kappa shape index (κ2) is 7.43. The van der Waals surface area contributed by atoms with Crippen molar-refractivity contribution in [3.8, 4) is 0 Å². The van der Waals surface area contributed by atoms with Gasteiger partial charge in [0.15, 0.2) is 0 Å². The number of hydrogen-bond acceptors (Lipinski definition) is 2. The van der Waals surface area contributed by atoms with Crippen LogP contribution < -0.4 is 10.6 Å². The fourth-order valence-corrected chi connectivity index (χ4v) is 1.85. The van der Waals surface area contributed by atoms with Gasteiger partial charge in [-0.1, -0.05) is 32.9 Å². The molecule has 4 nitrogen and oxygen atoms in total. The predicted octanol–water partition coefficient (Wildman–Crippen LogP) is 3.69. The molecule has 0 aliphatic heterocycles. The number of rotatable bonds is 6. The van der Waals surface area contributed by atoms with E-state index in [1.165, 1.54) is 5.56 Å². The summed E-state index contributed by atoms with van der Waals surface area (Å²) in [7, 11) is 0. The van der Waals surface area contributed by atoms with E-state index in [2.05, 4.69) is 24.5 Å². The zero-order valence-electron chi connectivity index (χ0n) is 14.5. The van der Waals surface area contributed by atoms with Crippen LogP contribution in [0.25, 0.3) is 0 Å². The highest BCUT2D eigenvalue weighted by Crippen LogP contribution is 2.21. The molecule has 0 aliphatic carbocycles. The van der Waals surface area contributed by atoms with Crippen molar-refractivity contribution in [2.75, 3.05) is 5.32 Å². The third-order valence-electron chi connectivity index (χ3n) is 3.96. The van der Waals surface area contributed by atoms with Gasteiger partial charge in [0.25, 0.3) is 0 Å². The lowest BCUT2D eigenvalue weighted by Gasteiger charge is -2.24. The van der Waals surface area contributed by atoms with Crippen LogP contribution in [-0.2, 0) is 9.59 Å². The third-order valence-corrected chi connectivity index (χ3v) is 3.96. The van der Waals surface area contributed by atoms with Gasteiger partial charge in [0, 0.05) is 11.7 Å². The molecule has 0 heterocycles. The third kappa shape index (κ3) is 4.58. The Hall–Kier alpha value is -1.84. The topological polar surface area (TPSA) is 58.2 Å². The summed E-state index contributed by atoms with van der Waals surface area (Å²) in [5, 5.41) is 5.68. The Morgan fingerprint density at radius 2 is 1.59 bits per heavy atom. The van der Waals surface area contributed by atoms with Gasteiger partial charge in [-0.05, 0) is 50.8 Å². The molecule has 0 spiro atoms. The first-order chi connectivity index (χ1) is 10.2. The van der Waals surface area contributed by atoms with Crippen LogP contribution in [0.2, 0.25) is 0 Å². The summed E-state index contributed by atoms with van der Waals surface area (Å²) in [6.45, 7) is 11.4. The van der Waals surface area contributed by atoms with Crippen LogP contribution in [0.5, 0.6) is 0 Å². The fourth-order valence-electron chi connectivity index (χ4n) is 1.85. The van der Waals surface area contributed by atoms with E-state index in [1.807, 2.05) is 38.1 Å². The van der Waals surface area contributed by atoms with E-state index in [-0.39, 0.29) is 17.9 Å². The largest absolute Gasteiger partial charge is 0.353 e. The van der Waals surface area contributed by atoms with Crippen LogP contribution in [0, 0.1) is 5.41 Å². The summed E-state index contributed by atoms with van der Waals surface area (Å²) >= 11 is 0. The van der Waals surface area contributed by atoms with Gasteiger partial charge in [-0.3, -0.25) is 9.59 Å². The average Bonchev–Trinajstić information content (AvgIpc) is 2.47. The first-order valence-electron chi connectivity index (χ1n) is 7.90. The number of carbonyl (C=O) groups excluding carboxylic acids is 2. The van der Waals surface area contributed by atoms with E-state index in [1.54, 1.807) is 13.8 Å². The van der Waals surface area contributed by atoms with E-state index >= 15 is 0 Å². The quantitative estimate of drug-likeness (QED) is 0.787. The summed E-state index contributed by atoms with van der Waals surface area (Å²) < 4.78 is 0. The molecule has 4 heteroatoms. The number of nitrogens with one attached hydrogen (secondary N) is 2. The van der Waals surface area contributed by atoms with Crippen LogP contribution in [0.1, 0.15) is 59.4 Å². The van der Waals surface area contributed by atoms with Crippen LogP contribution in [0.3, 0.4) is 0 Å². The van der Waals surface area contributed by atoms with Crippen LogP contribution >= 0.6 is 0 Å². The second-order valence-electron chi connectivity index (χ2n) is 6.64. The van der Waals surface area contributed by atoms with Crippen LogP contribution in [0.15, 0.2) is 24.3 Å². The SMILES string of the molecule is CCC(C)NC(=O)C(C)(C)C(=O)Nc1ccc(C(C)C)cc1. The van der Waals surface area contributed by atoms with E-state index in [4.69, 9.17) is 0 Å². The lowest BCUT2D eigenvalue weighted by molar-refractivity contribution is -0.138. The molecule has 0 saturated carbocycles. The molecule has 1 unspecified atom stereocenters. The monoisotopic (exact) mass is 304 g/mol. The Morgan fingerprint density at radius 1 is 1.05 bits per heavy atom. The van der Waals surface area contributed by atoms with Gasteiger partial charge < -0.3 is 10.6 Å². The van der Waals surface area contributed by atoms with Gasteiger partial charge >= 0.3 is 0 Å². The number of hydrogen-bond donors (Lipinski definition) is 2. The molecule has 1 aromatic carbocycles. The second-order valence-corrected chi connectivity index (χ2v) is 6.64. The van der Waals surface area contributed by atoms with Gasteiger partial charge in [-0.2, -0.15) is 0 Å². The molecule has 1 rings (SSSR count). The van der Waals surface area contributed by atoms with Gasteiger partial charge in [-0.25, -0.2) is 0 Å². The van der Waals surface area contributed by atoms with Crippen molar-refractivity contribution in [2.45, 2.75) is 59.9 Å². The number of carbonyl (C=O) groups is 2. The number of amides is 2. The first kappa shape index (κ1) is 18.2. The Labute approximate surface area is 133 Å². The highest BCUT2D eigenvalue weighted by atomic mass is 16.2. The summed E-state index contributed by atoms with van der Waals surface area (Å²) in [6.07, 6.45) is 0.833. The molecule has 0 radical (unpaired) electrons. The van der Waals surface area contributed by atoms with Gasteiger partial charge in [0.05, 0.1) is 0 Å². The first-order valence-corrected chi connectivity index (χ1v) is 7.90. The number of benzene rings is 1.